The maximum Gasteiger partial charge on any atom is 0.408 e. The zero-order valence-corrected chi connectivity index (χ0v) is 21.4. The number of hydrogen-bond donors (Lipinski definition) is 2. The van der Waals surface area contributed by atoms with E-state index in [-0.39, 0.29) is 22.4 Å². The van der Waals surface area contributed by atoms with E-state index in [1.165, 1.54) is 32.1 Å². The SMILES string of the molecule is CCCc1nc(C(=O)NCC2CCC(C)CC2)c(Cl)n1-c1ccc(N[C@H](C)C(F)(F)F)cc1OC. The van der Waals surface area contributed by atoms with Gasteiger partial charge in [-0.25, -0.2) is 4.98 Å². The molecule has 10 heteroatoms. The van der Waals surface area contributed by atoms with Crippen LogP contribution in [0.15, 0.2) is 18.2 Å². The van der Waals surface area contributed by atoms with Crippen molar-refractivity contribution in [2.45, 2.75) is 71.5 Å². The molecule has 0 radical (unpaired) electrons. The summed E-state index contributed by atoms with van der Waals surface area (Å²) in [5, 5.41) is 5.57. The number of alkyl halides is 3. The van der Waals surface area contributed by atoms with Crippen molar-refractivity contribution in [3.63, 3.8) is 0 Å². The standard InChI is InChI=1S/C25H34ClF3N4O2/c1-5-6-21-32-22(24(34)30-14-17-9-7-15(2)8-10-17)23(26)33(21)19-12-11-18(13-20(19)35-4)31-16(3)25(27,28)29/h11-13,15-17,31H,5-10,14H2,1-4H3,(H,30,34)/t15?,16-,17?/m1/s1. The molecule has 1 aromatic carbocycles. The summed E-state index contributed by atoms with van der Waals surface area (Å²) in [7, 11) is 1.43. The zero-order valence-electron chi connectivity index (χ0n) is 20.6. The maximum atomic E-state index is 13.0. The molecule has 1 saturated carbocycles. The summed E-state index contributed by atoms with van der Waals surface area (Å²) in [6.45, 7) is 5.87. The highest BCUT2D eigenvalue weighted by atomic mass is 35.5. The van der Waals surface area contributed by atoms with Crippen molar-refractivity contribution in [3.05, 3.63) is 34.9 Å². The highest BCUT2D eigenvalue weighted by Gasteiger charge is 2.36. The Hall–Kier alpha value is -2.42. The molecule has 0 saturated heterocycles. The van der Waals surface area contributed by atoms with Gasteiger partial charge in [-0.3, -0.25) is 9.36 Å². The number of ether oxygens (including phenoxy) is 1. The van der Waals surface area contributed by atoms with Crippen LogP contribution in [0.2, 0.25) is 5.15 Å². The van der Waals surface area contributed by atoms with E-state index in [4.69, 9.17) is 16.3 Å². The van der Waals surface area contributed by atoms with Crippen LogP contribution in [0.4, 0.5) is 18.9 Å². The monoisotopic (exact) mass is 514 g/mol. The lowest BCUT2D eigenvalue weighted by atomic mass is 9.83. The molecule has 1 heterocycles. The average Bonchev–Trinajstić information content (AvgIpc) is 3.13. The number of imidazole rings is 1. The van der Waals surface area contributed by atoms with Crippen LogP contribution in [0.3, 0.4) is 0 Å². The Morgan fingerprint density at radius 3 is 2.57 bits per heavy atom. The lowest BCUT2D eigenvalue weighted by molar-refractivity contribution is -0.138. The molecule has 0 unspecified atom stereocenters. The molecule has 0 bridgehead atoms. The van der Waals surface area contributed by atoms with E-state index in [0.29, 0.717) is 36.1 Å². The normalized spacial score (nSPS) is 19.3. The second-order valence-corrected chi connectivity index (χ2v) is 9.74. The van der Waals surface area contributed by atoms with E-state index in [0.717, 1.165) is 32.1 Å². The van der Waals surface area contributed by atoms with Gasteiger partial charge in [0.25, 0.3) is 5.91 Å². The van der Waals surface area contributed by atoms with E-state index in [1.54, 1.807) is 10.6 Å². The summed E-state index contributed by atoms with van der Waals surface area (Å²) < 4.78 is 46.0. The second-order valence-electron chi connectivity index (χ2n) is 9.38. The first-order valence-electron chi connectivity index (χ1n) is 12.1. The number of carbonyl (C=O) groups is 1. The molecule has 1 aliphatic carbocycles. The van der Waals surface area contributed by atoms with E-state index in [9.17, 15) is 18.0 Å². The van der Waals surface area contributed by atoms with Crippen molar-refractivity contribution in [2.24, 2.45) is 11.8 Å². The van der Waals surface area contributed by atoms with Gasteiger partial charge in [-0.1, -0.05) is 38.3 Å². The number of aromatic nitrogens is 2. The Labute approximate surface area is 209 Å². The second kappa shape index (κ2) is 11.5. The van der Waals surface area contributed by atoms with Gasteiger partial charge in [-0.15, -0.1) is 0 Å². The predicted octanol–water partition coefficient (Wildman–Crippen LogP) is 6.41. The van der Waals surface area contributed by atoms with Gasteiger partial charge < -0.3 is 15.4 Å². The number of rotatable bonds is 9. The molecular weight excluding hydrogens is 481 g/mol. The van der Waals surface area contributed by atoms with Crippen LogP contribution in [0.1, 0.15) is 69.2 Å². The Morgan fingerprint density at radius 2 is 1.97 bits per heavy atom. The number of benzene rings is 1. The highest BCUT2D eigenvalue weighted by Crippen LogP contribution is 2.34. The highest BCUT2D eigenvalue weighted by molar-refractivity contribution is 6.33. The topological polar surface area (TPSA) is 68.2 Å². The van der Waals surface area contributed by atoms with Crippen molar-refractivity contribution in [3.8, 4) is 11.4 Å². The minimum absolute atomic E-state index is 0.134. The van der Waals surface area contributed by atoms with E-state index in [2.05, 4.69) is 22.5 Å². The molecule has 1 atom stereocenters. The Kier molecular flexibility index (Phi) is 8.96. The van der Waals surface area contributed by atoms with Gasteiger partial charge in [0.15, 0.2) is 5.69 Å². The van der Waals surface area contributed by atoms with Crippen LogP contribution in [0.25, 0.3) is 5.69 Å². The summed E-state index contributed by atoms with van der Waals surface area (Å²) in [5.74, 6) is 1.74. The molecule has 35 heavy (non-hydrogen) atoms. The van der Waals surface area contributed by atoms with Crippen LogP contribution < -0.4 is 15.4 Å². The summed E-state index contributed by atoms with van der Waals surface area (Å²) in [6, 6.07) is 2.89. The van der Waals surface area contributed by atoms with Crippen LogP contribution in [-0.4, -0.2) is 41.3 Å². The first kappa shape index (κ1) is 27.2. The fourth-order valence-corrected chi connectivity index (χ4v) is 4.68. The molecule has 2 aromatic rings. The molecule has 194 valence electrons. The van der Waals surface area contributed by atoms with E-state index >= 15 is 0 Å². The van der Waals surface area contributed by atoms with E-state index in [1.807, 2.05) is 6.92 Å². The van der Waals surface area contributed by atoms with Crippen molar-refractivity contribution in [2.75, 3.05) is 19.0 Å². The molecule has 1 aromatic heterocycles. The lowest BCUT2D eigenvalue weighted by Crippen LogP contribution is -2.33. The van der Waals surface area contributed by atoms with Crippen molar-refractivity contribution >= 4 is 23.2 Å². The Balaban J connectivity index is 1.86. The van der Waals surface area contributed by atoms with Crippen molar-refractivity contribution in [1.82, 2.24) is 14.9 Å². The lowest BCUT2D eigenvalue weighted by Gasteiger charge is -2.26. The average molecular weight is 515 g/mol. The third-order valence-electron chi connectivity index (χ3n) is 6.56. The first-order valence-corrected chi connectivity index (χ1v) is 12.5. The Bertz CT molecular complexity index is 1020. The number of methoxy groups -OCH3 is 1. The van der Waals surface area contributed by atoms with Gasteiger partial charge in [0.2, 0.25) is 0 Å². The smallest absolute Gasteiger partial charge is 0.408 e. The number of aryl methyl sites for hydroxylation is 1. The van der Waals surface area contributed by atoms with Crippen LogP contribution in [0, 0.1) is 11.8 Å². The molecule has 3 rings (SSSR count). The first-order chi connectivity index (χ1) is 16.5. The molecule has 1 fully saturated rings. The molecule has 1 aliphatic rings. The number of carbonyl (C=O) groups excluding carboxylic acids is 1. The number of nitrogens with zero attached hydrogens (tertiary/aromatic N) is 2. The maximum absolute atomic E-state index is 13.0. The fourth-order valence-electron chi connectivity index (χ4n) is 4.36. The number of halogens is 4. The summed E-state index contributed by atoms with van der Waals surface area (Å²) in [6.07, 6.45) is 1.46. The minimum atomic E-state index is -4.38. The van der Waals surface area contributed by atoms with Gasteiger partial charge in [0.1, 0.15) is 22.8 Å². The fraction of sp³-hybridized carbons (Fsp3) is 0.600. The summed E-state index contributed by atoms with van der Waals surface area (Å²) in [5.41, 5.74) is 0.886. The summed E-state index contributed by atoms with van der Waals surface area (Å²) >= 11 is 6.67. The molecular formula is C25H34ClF3N4O2. The number of amides is 1. The largest absolute Gasteiger partial charge is 0.494 e. The van der Waals surface area contributed by atoms with Crippen LogP contribution in [0.5, 0.6) is 5.75 Å². The predicted molar refractivity (Wildman–Crippen MR) is 132 cm³/mol. The molecule has 0 spiro atoms. The third-order valence-corrected chi connectivity index (χ3v) is 6.91. The van der Waals surface area contributed by atoms with Crippen molar-refractivity contribution in [1.29, 1.82) is 0 Å². The molecule has 2 N–H and O–H groups in total. The summed E-state index contributed by atoms with van der Waals surface area (Å²) in [4.78, 5) is 17.5. The molecule has 1 amide bonds. The van der Waals surface area contributed by atoms with Gasteiger partial charge in [0, 0.05) is 24.7 Å². The van der Waals surface area contributed by atoms with Gasteiger partial charge in [-0.05, 0) is 50.2 Å². The van der Waals surface area contributed by atoms with Gasteiger partial charge in [0.05, 0.1) is 12.8 Å². The van der Waals surface area contributed by atoms with Gasteiger partial charge >= 0.3 is 6.18 Å². The zero-order chi connectivity index (χ0) is 25.8. The number of hydrogen-bond acceptors (Lipinski definition) is 4. The molecule has 0 aliphatic heterocycles. The molecule has 6 nitrogen and oxygen atoms in total. The Morgan fingerprint density at radius 1 is 1.29 bits per heavy atom. The number of nitrogens with one attached hydrogen (secondary N) is 2. The van der Waals surface area contributed by atoms with Crippen LogP contribution >= 0.6 is 11.6 Å². The quantitative estimate of drug-likeness (QED) is 0.406. The minimum Gasteiger partial charge on any atom is -0.494 e. The van der Waals surface area contributed by atoms with Crippen LogP contribution in [-0.2, 0) is 6.42 Å². The van der Waals surface area contributed by atoms with Gasteiger partial charge in [-0.2, -0.15) is 13.2 Å². The number of anilines is 1. The van der Waals surface area contributed by atoms with E-state index < -0.39 is 12.2 Å². The third kappa shape index (κ3) is 6.63. The van der Waals surface area contributed by atoms with Crippen molar-refractivity contribution < 1.29 is 22.7 Å².